The summed E-state index contributed by atoms with van der Waals surface area (Å²) in [6.07, 6.45) is 11.2. The van der Waals surface area contributed by atoms with Crippen LogP contribution < -0.4 is 10.4 Å². The number of rotatable bonds is 6. The number of benzene rings is 1. The zero-order chi connectivity index (χ0) is 23.5. The van der Waals surface area contributed by atoms with E-state index >= 15 is 0 Å². The van der Waals surface area contributed by atoms with Crippen LogP contribution in [0.4, 0.5) is 0 Å². The molecule has 0 amide bonds. The number of aryl methyl sites for hydroxylation is 1. The highest BCUT2D eigenvalue weighted by atomic mass is 16.4. The second kappa shape index (κ2) is 9.74. The second-order valence-corrected chi connectivity index (χ2v) is 9.12. The van der Waals surface area contributed by atoms with Crippen LogP contribution in [0.1, 0.15) is 74.4 Å². The van der Waals surface area contributed by atoms with Gasteiger partial charge in [0, 0.05) is 23.6 Å². The SMILES string of the molecule is C=c1ccccc1=CC(=CC)c1cnn2c(CC)c(C)c(C3CCC(CC(=O)O)CC3)nc12. The van der Waals surface area contributed by atoms with Crippen LogP contribution in [0, 0.1) is 12.8 Å². The topological polar surface area (TPSA) is 67.5 Å². The van der Waals surface area contributed by atoms with Gasteiger partial charge in [-0.25, -0.2) is 9.50 Å². The third kappa shape index (κ3) is 4.63. The Hall–Kier alpha value is -3.21. The number of hydrogen-bond donors (Lipinski definition) is 1. The van der Waals surface area contributed by atoms with E-state index in [9.17, 15) is 4.79 Å². The summed E-state index contributed by atoms with van der Waals surface area (Å²) in [4.78, 5) is 16.3. The highest BCUT2D eigenvalue weighted by molar-refractivity contribution is 5.93. The Kier molecular flexibility index (Phi) is 6.77. The van der Waals surface area contributed by atoms with Gasteiger partial charge >= 0.3 is 5.97 Å². The molecular weight excluding hydrogens is 410 g/mol. The van der Waals surface area contributed by atoms with Crippen molar-refractivity contribution in [1.29, 1.82) is 0 Å². The maximum Gasteiger partial charge on any atom is 0.303 e. The molecule has 5 heteroatoms. The molecule has 33 heavy (non-hydrogen) atoms. The second-order valence-electron chi connectivity index (χ2n) is 9.12. The molecule has 0 saturated heterocycles. The standard InChI is InChI=1S/C28H33N3O2/c1-5-21(16-23-10-8-7-9-18(23)3)24-17-29-31-25(6-2)19(4)27(30-28(24)31)22-13-11-20(12-14-22)15-26(32)33/h5,7-10,16-17,20,22H,3,6,11-15H2,1-2,4H3,(H,32,33). The van der Waals surface area contributed by atoms with E-state index in [2.05, 4.69) is 38.6 Å². The molecule has 2 heterocycles. The Morgan fingerprint density at radius 1 is 1.24 bits per heavy atom. The maximum atomic E-state index is 11.1. The molecule has 0 unspecified atom stereocenters. The fourth-order valence-electron chi connectivity index (χ4n) is 5.21. The predicted octanol–water partition coefficient (Wildman–Crippen LogP) is 4.64. The van der Waals surface area contributed by atoms with Crippen molar-refractivity contribution in [3.05, 3.63) is 69.5 Å². The molecule has 1 N–H and O–H groups in total. The van der Waals surface area contributed by atoms with Gasteiger partial charge in [0.05, 0.1) is 11.9 Å². The summed E-state index contributed by atoms with van der Waals surface area (Å²) in [6.45, 7) is 10.5. The summed E-state index contributed by atoms with van der Waals surface area (Å²) in [5.41, 5.74) is 6.57. The van der Waals surface area contributed by atoms with Crippen LogP contribution in [-0.4, -0.2) is 25.7 Å². The summed E-state index contributed by atoms with van der Waals surface area (Å²) in [7, 11) is 0. The van der Waals surface area contributed by atoms with Gasteiger partial charge in [0.2, 0.25) is 0 Å². The van der Waals surface area contributed by atoms with Crippen LogP contribution in [0.25, 0.3) is 23.9 Å². The number of aromatic nitrogens is 3. The van der Waals surface area contributed by atoms with E-state index < -0.39 is 5.97 Å². The summed E-state index contributed by atoms with van der Waals surface area (Å²) in [5.74, 6) is -0.0389. The lowest BCUT2D eigenvalue weighted by atomic mass is 9.78. The molecule has 4 rings (SSSR count). The fourth-order valence-corrected chi connectivity index (χ4v) is 5.21. The molecule has 2 aromatic heterocycles. The highest BCUT2D eigenvalue weighted by Gasteiger charge is 2.27. The minimum absolute atomic E-state index is 0.277. The molecule has 1 saturated carbocycles. The smallest absolute Gasteiger partial charge is 0.303 e. The molecule has 0 spiro atoms. The Morgan fingerprint density at radius 3 is 2.61 bits per heavy atom. The number of fused-ring (bicyclic) bond motifs is 1. The number of carboxylic acid groups (broad SMARTS) is 1. The van der Waals surface area contributed by atoms with Crippen LogP contribution in [0.15, 0.2) is 36.5 Å². The summed E-state index contributed by atoms with van der Waals surface area (Å²) < 4.78 is 2.00. The maximum absolute atomic E-state index is 11.1. The summed E-state index contributed by atoms with van der Waals surface area (Å²) >= 11 is 0. The molecule has 0 radical (unpaired) electrons. The summed E-state index contributed by atoms with van der Waals surface area (Å²) in [5, 5.41) is 16.0. The van der Waals surface area contributed by atoms with Gasteiger partial charge in [-0.05, 0) is 79.5 Å². The van der Waals surface area contributed by atoms with Crippen molar-refractivity contribution in [2.24, 2.45) is 5.92 Å². The van der Waals surface area contributed by atoms with E-state index in [1.165, 1.54) is 11.3 Å². The van der Waals surface area contributed by atoms with Crippen molar-refractivity contribution in [2.75, 3.05) is 0 Å². The molecule has 172 valence electrons. The first-order valence-electron chi connectivity index (χ1n) is 11.9. The largest absolute Gasteiger partial charge is 0.481 e. The van der Waals surface area contributed by atoms with Crippen molar-refractivity contribution >= 4 is 29.8 Å². The minimum Gasteiger partial charge on any atom is -0.481 e. The molecule has 1 fully saturated rings. The molecule has 0 atom stereocenters. The Morgan fingerprint density at radius 2 is 1.97 bits per heavy atom. The minimum atomic E-state index is -0.690. The average molecular weight is 444 g/mol. The van der Waals surface area contributed by atoms with Gasteiger partial charge in [-0.15, -0.1) is 0 Å². The molecule has 1 aliphatic carbocycles. The first-order chi connectivity index (χ1) is 15.9. The number of aliphatic carboxylic acids is 1. The molecule has 0 bridgehead atoms. The van der Waals surface area contributed by atoms with Crippen LogP contribution >= 0.6 is 0 Å². The lowest BCUT2D eigenvalue weighted by Gasteiger charge is -2.28. The van der Waals surface area contributed by atoms with Crippen molar-refractivity contribution < 1.29 is 9.90 Å². The lowest BCUT2D eigenvalue weighted by molar-refractivity contribution is -0.138. The Bertz CT molecular complexity index is 1310. The van der Waals surface area contributed by atoms with Crippen molar-refractivity contribution in [3.8, 4) is 0 Å². The molecular formula is C28H33N3O2. The quantitative estimate of drug-likeness (QED) is 0.603. The van der Waals surface area contributed by atoms with E-state index in [0.29, 0.717) is 5.92 Å². The molecule has 0 aliphatic heterocycles. The first-order valence-corrected chi connectivity index (χ1v) is 11.9. The van der Waals surface area contributed by atoms with E-state index in [4.69, 9.17) is 15.2 Å². The van der Waals surface area contributed by atoms with Gasteiger partial charge in [-0.3, -0.25) is 4.79 Å². The average Bonchev–Trinajstić information content (AvgIpc) is 3.22. The number of carboxylic acids is 1. The van der Waals surface area contributed by atoms with Crippen molar-refractivity contribution in [2.45, 2.75) is 65.2 Å². The number of carbonyl (C=O) groups is 1. The van der Waals surface area contributed by atoms with E-state index in [1.54, 1.807) is 0 Å². The monoisotopic (exact) mass is 443 g/mol. The van der Waals surface area contributed by atoms with Crippen LogP contribution in [0.2, 0.25) is 0 Å². The Labute approximate surface area is 195 Å². The van der Waals surface area contributed by atoms with Crippen LogP contribution in [0.3, 0.4) is 0 Å². The third-order valence-electron chi connectivity index (χ3n) is 7.06. The molecule has 3 aromatic rings. The Balaban J connectivity index is 1.77. The number of hydrogen-bond acceptors (Lipinski definition) is 3. The van der Waals surface area contributed by atoms with E-state index in [-0.39, 0.29) is 12.3 Å². The zero-order valence-corrected chi connectivity index (χ0v) is 19.8. The van der Waals surface area contributed by atoms with E-state index in [1.807, 2.05) is 35.8 Å². The van der Waals surface area contributed by atoms with Gasteiger partial charge in [-0.1, -0.05) is 43.8 Å². The van der Waals surface area contributed by atoms with Gasteiger partial charge in [-0.2, -0.15) is 5.10 Å². The highest BCUT2D eigenvalue weighted by Crippen LogP contribution is 2.38. The molecule has 5 nitrogen and oxygen atoms in total. The van der Waals surface area contributed by atoms with Gasteiger partial charge < -0.3 is 5.11 Å². The van der Waals surface area contributed by atoms with Gasteiger partial charge in [0.1, 0.15) is 0 Å². The first kappa shape index (κ1) is 23.0. The molecule has 1 aliphatic rings. The number of allylic oxidation sites excluding steroid dienone is 2. The van der Waals surface area contributed by atoms with Crippen LogP contribution in [0.5, 0.6) is 0 Å². The normalized spacial score (nSPS) is 19.8. The molecule has 1 aromatic carbocycles. The van der Waals surface area contributed by atoms with E-state index in [0.717, 1.165) is 65.0 Å². The zero-order valence-electron chi connectivity index (χ0n) is 19.8. The predicted molar refractivity (Wildman–Crippen MR) is 133 cm³/mol. The lowest BCUT2D eigenvalue weighted by Crippen LogP contribution is -2.21. The van der Waals surface area contributed by atoms with Gasteiger partial charge in [0.25, 0.3) is 0 Å². The fraction of sp³-hybridized carbons (Fsp3) is 0.393. The van der Waals surface area contributed by atoms with Crippen molar-refractivity contribution in [1.82, 2.24) is 14.6 Å². The van der Waals surface area contributed by atoms with Crippen molar-refractivity contribution in [3.63, 3.8) is 0 Å². The van der Waals surface area contributed by atoms with Crippen LogP contribution in [-0.2, 0) is 11.2 Å². The third-order valence-corrected chi connectivity index (χ3v) is 7.06. The number of nitrogens with zero attached hydrogens (tertiary/aromatic N) is 3. The van der Waals surface area contributed by atoms with Gasteiger partial charge in [0.15, 0.2) is 5.65 Å². The summed E-state index contributed by atoms with van der Waals surface area (Å²) in [6, 6.07) is 8.12.